The van der Waals surface area contributed by atoms with E-state index in [9.17, 15) is 0 Å². The van der Waals surface area contributed by atoms with Crippen LogP contribution >= 0.6 is 24.0 Å². The van der Waals surface area contributed by atoms with Gasteiger partial charge in [-0.3, -0.25) is 9.98 Å². The Labute approximate surface area is 158 Å². The molecule has 1 aromatic heterocycles. The van der Waals surface area contributed by atoms with Crippen molar-refractivity contribution < 1.29 is 0 Å². The zero-order valence-electron chi connectivity index (χ0n) is 14.8. The van der Waals surface area contributed by atoms with Crippen LogP contribution in [0, 0.1) is 18.8 Å². The van der Waals surface area contributed by atoms with Gasteiger partial charge in [-0.15, -0.1) is 24.0 Å². The summed E-state index contributed by atoms with van der Waals surface area (Å²) in [4.78, 5) is 8.78. The Bertz CT molecular complexity index is 502. The molecular formula is C18H31IN4. The highest BCUT2D eigenvalue weighted by molar-refractivity contribution is 14.0. The first-order valence-corrected chi connectivity index (χ1v) is 8.47. The van der Waals surface area contributed by atoms with Crippen LogP contribution in [0.1, 0.15) is 50.8 Å². The topological polar surface area (TPSA) is 49.3 Å². The third kappa shape index (κ3) is 6.28. The summed E-state index contributed by atoms with van der Waals surface area (Å²) >= 11 is 0. The molecule has 0 bridgehead atoms. The van der Waals surface area contributed by atoms with Crippen molar-refractivity contribution in [1.29, 1.82) is 0 Å². The van der Waals surface area contributed by atoms with Crippen LogP contribution in [-0.4, -0.2) is 24.0 Å². The lowest BCUT2D eigenvalue weighted by Crippen LogP contribution is -2.45. The van der Waals surface area contributed by atoms with E-state index >= 15 is 0 Å². The minimum atomic E-state index is 0. The number of nitrogens with one attached hydrogen (secondary N) is 2. The Hall–Kier alpha value is -0.850. The van der Waals surface area contributed by atoms with Crippen LogP contribution in [0.5, 0.6) is 0 Å². The maximum absolute atomic E-state index is 4.42. The van der Waals surface area contributed by atoms with Crippen LogP contribution < -0.4 is 10.6 Å². The summed E-state index contributed by atoms with van der Waals surface area (Å²) < 4.78 is 0. The number of aliphatic imine (C=N–C) groups is 1. The van der Waals surface area contributed by atoms with Gasteiger partial charge in [0.1, 0.15) is 0 Å². The smallest absolute Gasteiger partial charge is 0.191 e. The number of nitrogens with zero attached hydrogens (tertiary/aromatic N) is 2. The molecule has 1 saturated carbocycles. The minimum Gasteiger partial charge on any atom is -0.354 e. The number of aromatic nitrogens is 1. The van der Waals surface area contributed by atoms with Gasteiger partial charge >= 0.3 is 0 Å². The first-order valence-electron chi connectivity index (χ1n) is 8.47. The molecule has 1 aliphatic carbocycles. The second-order valence-electron chi connectivity index (χ2n) is 6.70. The lowest BCUT2D eigenvalue weighted by molar-refractivity contribution is 0.244. The van der Waals surface area contributed by atoms with Crippen molar-refractivity contribution in [1.82, 2.24) is 15.6 Å². The molecule has 1 aliphatic rings. The molecule has 0 aromatic carbocycles. The van der Waals surface area contributed by atoms with Crippen LogP contribution in [-0.2, 0) is 6.54 Å². The van der Waals surface area contributed by atoms with E-state index in [1.54, 1.807) is 0 Å². The summed E-state index contributed by atoms with van der Waals surface area (Å²) in [5.74, 6) is 2.50. The quantitative estimate of drug-likeness (QED) is 0.433. The van der Waals surface area contributed by atoms with Gasteiger partial charge in [-0.05, 0) is 43.2 Å². The van der Waals surface area contributed by atoms with Crippen molar-refractivity contribution in [3.8, 4) is 0 Å². The third-order valence-electron chi connectivity index (χ3n) is 4.76. The molecule has 23 heavy (non-hydrogen) atoms. The third-order valence-corrected chi connectivity index (χ3v) is 4.76. The molecule has 0 saturated heterocycles. The van der Waals surface area contributed by atoms with E-state index in [0.717, 1.165) is 23.5 Å². The molecule has 1 fully saturated rings. The first-order chi connectivity index (χ1) is 10.6. The zero-order chi connectivity index (χ0) is 15.9. The summed E-state index contributed by atoms with van der Waals surface area (Å²) in [5.41, 5.74) is 2.29. The van der Waals surface area contributed by atoms with Crippen LogP contribution in [0.2, 0.25) is 0 Å². The number of rotatable bonds is 4. The van der Waals surface area contributed by atoms with Crippen molar-refractivity contribution in [2.45, 2.75) is 59.0 Å². The molecule has 0 amide bonds. The molecular weight excluding hydrogens is 399 g/mol. The fourth-order valence-electron chi connectivity index (χ4n) is 3.22. The second kappa shape index (κ2) is 10.1. The van der Waals surface area contributed by atoms with Gasteiger partial charge in [0.25, 0.3) is 0 Å². The van der Waals surface area contributed by atoms with E-state index in [1.807, 2.05) is 19.3 Å². The number of guanidine groups is 1. The van der Waals surface area contributed by atoms with Crippen molar-refractivity contribution in [3.63, 3.8) is 0 Å². The van der Waals surface area contributed by atoms with Gasteiger partial charge in [-0.2, -0.15) is 0 Å². The molecule has 0 spiro atoms. The average molecular weight is 430 g/mol. The number of pyridine rings is 1. The van der Waals surface area contributed by atoms with Crippen molar-refractivity contribution >= 4 is 29.9 Å². The largest absolute Gasteiger partial charge is 0.354 e. The maximum atomic E-state index is 4.42. The highest BCUT2D eigenvalue weighted by atomic mass is 127. The lowest BCUT2D eigenvalue weighted by Gasteiger charge is -2.33. The van der Waals surface area contributed by atoms with Crippen LogP contribution in [0.3, 0.4) is 0 Å². The molecule has 130 valence electrons. The van der Waals surface area contributed by atoms with Gasteiger partial charge in [0.15, 0.2) is 5.96 Å². The number of aryl methyl sites for hydroxylation is 1. The van der Waals surface area contributed by atoms with E-state index < -0.39 is 0 Å². The summed E-state index contributed by atoms with van der Waals surface area (Å²) in [7, 11) is 1.84. The number of hydrogen-bond donors (Lipinski definition) is 2. The van der Waals surface area contributed by atoms with Crippen LogP contribution in [0.15, 0.2) is 23.3 Å². The minimum absolute atomic E-state index is 0. The van der Waals surface area contributed by atoms with E-state index in [-0.39, 0.29) is 24.0 Å². The molecule has 2 N–H and O–H groups in total. The van der Waals surface area contributed by atoms with E-state index in [4.69, 9.17) is 0 Å². The van der Waals surface area contributed by atoms with E-state index in [1.165, 1.54) is 31.2 Å². The summed E-state index contributed by atoms with van der Waals surface area (Å²) in [6.45, 7) is 7.48. The Morgan fingerprint density at radius 1 is 1.39 bits per heavy atom. The van der Waals surface area contributed by atoms with Gasteiger partial charge in [0.05, 0.1) is 12.2 Å². The van der Waals surface area contributed by atoms with Gasteiger partial charge in [0, 0.05) is 19.3 Å². The monoisotopic (exact) mass is 430 g/mol. The predicted molar refractivity (Wildman–Crippen MR) is 108 cm³/mol. The molecule has 2 unspecified atom stereocenters. The molecule has 1 heterocycles. The number of halogens is 1. The summed E-state index contributed by atoms with van der Waals surface area (Å²) in [5, 5.41) is 6.99. The fourth-order valence-corrected chi connectivity index (χ4v) is 3.22. The molecule has 0 radical (unpaired) electrons. The molecule has 2 atom stereocenters. The van der Waals surface area contributed by atoms with Crippen molar-refractivity contribution in [2.24, 2.45) is 16.8 Å². The highest BCUT2D eigenvalue weighted by Gasteiger charge is 2.24. The Morgan fingerprint density at radius 2 is 2.17 bits per heavy atom. The molecule has 1 aromatic rings. The normalized spacial score (nSPS) is 21.7. The maximum Gasteiger partial charge on any atom is 0.191 e. The molecule has 2 rings (SSSR count). The average Bonchev–Trinajstić information content (AvgIpc) is 2.53. The lowest BCUT2D eigenvalue weighted by atomic mass is 9.79. The molecule has 5 heteroatoms. The number of hydrogen-bond acceptors (Lipinski definition) is 2. The van der Waals surface area contributed by atoms with Gasteiger partial charge in [-0.25, -0.2) is 0 Å². The SMILES string of the molecule is CN=C(NCc1ncccc1C)NC1CCCC(C(C)C)C1.I. The fraction of sp³-hybridized carbons (Fsp3) is 0.667. The highest BCUT2D eigenvalue weighted by Crippen LogP contribution is 2.29. The zero-order valence-corrected chi connectivity index (χ0v) is 17.1. The second-order valence-corrected chi connectivity index (χ2v) is 6.70. The van der Waals surface area contributed by atoms with Gasteiger partial charge < -0.3 is 10.6 Å². The van der Waals surface area contributed by atoms with Gasteiger partial charge in [0.2, 0.25) is 0 Å². The van der Waals surface area contributed by atoms with Crippen LogP contribution in [0.25, 0.3) is 0 Å². The van der Waals surface area contributed by atoms with E-state index in [0.29, 0.717) is 12.6 Å². The molecule has 0 aliphatic heterocycles. The standard InChI is InChI=1S/C18H30N4.HI/c1-13(2)15-8-5-9-16(11-15)22-18(19-4)21-12-17-14(3)7-6-10-20-17;/h6-7,10,13,15-16H,5,8-9,11-12H2,1-4H3,(H2,19,21,22);1H. The first kappa shape index (κ1) is 20.2. The molecule has 4 nitrogen and oxygen atoms in total. The van der Waals surface area contributed by atoms with E-state index in [2.05, 4.69) is 47.4 Å². The van der Waals surface area contributed by atoms with Crippen LogP contribution in [0.4, 0.5) is 0 Å². The van der Waals surface area contributed by atoms with Crippen molar-refractivity contribution in [2.75, 3.05) is 7.05 Å². The summed E-state index contributed by atoms with van der Waals surface area (Å²) in [6.07, 6.45) is 7.02. The summed E-state index contributed by atoms with van der Waals surface area (Å²) in [6, 6.07) is 4.60. The Balaban J connectivity index is 0.00000264. The predicted octanol–water partition coefficient (Wildman–Crippen LogP) is 3.89. The Morgan fingerprint density at radius 3 is 2.83 bits per heavy atom. The van der Waals surface area contributed by atoms with Crippen molar-refractivity contribution in [3.05, 3.63) is 29.6 Å². The van der Waals surface area contributed by atoms with Gasteiger partial charge in [-0.1, -0.05) is 32.8 Å². The Kier molecular flexibility index (Phi) is 8.87.